The van der Waals surface area contributed by atoms with Crippen LogP contribution in [0.25, 0.3) is 0 Å². The fourth-order valence-electron chi connectivity index (χ4n) is 4.34. The first-order valence-corrected chi connectivity index (χ1v) is 9.56. The highest BCUT2D eigenvalue weighted by molar-refractivity contribution is 6.05. The maximum atomic E-state index is 12.9. The summed E-state index contributed by atoms with van der Waals surface area (Å²) in [7, 11) is 0. The molecule has 7 nitrogen and oxygen atoms in total. The fraction of sp³-hybridized carbons (Fsp3) is 0.550. The lowest BCUT2D eigenvalue weighted by Gasteiger charge is -2.29. The smallest absolute Gasteiger partial charge is 0.255 e. The monoisotopic (exact) mass is 370 g/mol. The molecule has 144 valence electrons. The molecule has 0 aliphatic carbocycles. The van der Waals surface area contributed by atoms with E-state index in [2.05, 4.69) is 29.8 Å². The number of benzene rings is 1. The summed E-state index contributed by atoms with van der Waals surface area (Å²) in [5.74, 6) is -0.756. The molecule has 3 N–H and O–H groups in total. The molecule has 2 fully saturated rings. The minimum atomic E-state index is -0.568. The summed E-state index contributed by atoms with van der Waals surface area (Å²) in [4.78, 5) is 38.1. The van der Waals surface area contributed by atoms with Crippen molar-refractivity contribution < 1.29 is 14.4 Å². The van der Waals surface area contributed by atoms with E-state index in [-0.39, 0.29) is 29.6 Å². The molecule has 2 unspecified atom stereocenters. The molecule has 0 radical (unpaired) electrons. The minimum Gasteiger partial charge on any atom is -0.322 e. The Morgan fingerprint density at radius 1 is 1.26 bits per heavy atom. The Labute approximate surface area is 158 Å². The third-order valence-electron chi connectivity index (χ3n) is 6.09. The van der Waals surface area contributed by atoms with Crippen molar-refractivity contribution in [3.63, 3.8) is 0 Å². The summed E-state index contributed by atoms with van der Waals surface area (Å²) in [6, 6.07) is 5.58. The van der Waals surface area contributed by atoms with Gasteiger partial charge < -0.3 is 15.5 Å². The molecule has 1 aromatic carbocycles. The predicted octanol–water partition coefficient (Wildman–Crippen LogP) is 0.535. The van der Waals surface area contributed by atoms with Crippen molar-refractivity contribution in [1.29, 1.82) is 0 Å². The third kappa shape index (κ3) is 3.26. The van der Waals surface area contributed by atoms with Crippen LogP contribution in [-0.4, -0.2) is 47.8 Å². The number of carbonyl (C=O) groups is 3. The zero-order valence-electron chi connectivity index (χ0n) is 15.8. The molecule has 3 amide bonds. The average Bonchev–Trinajstić information content (AvgIpc) is 3.13. The van der Waals surface area contributed by atoms with Gasteiger partial charge >= 0.3 is 0 Å². The first-order valence-electron chi connectivity index (χ1n) is 9.56. The maximum Gasteiger partial charge on any atom is 0.255 e. The van der Waals surface area contributed by atoms with Crippen LogP contribution in [0.1, 0.15) is 48.2 Å². The number of imide groups is 1. The van der Waals surface area contributed by atoms with Crippen LogP contribution in [0, 0.1) is 5.41 Å². The summed E-state index contributed by atoms with van der Waals surface area (Å²) in [6.07, 6.45) is 0.661. The SMILES string of the molecule is CC1(C)CNCC1NCc1cccc2c1CN(C1CCC(=O)NC1=O)C2=O. The summed E-state index contributed by atoms with van der Waals surface area (Å²) >= 11 is 0. The van der Waals surface area contributed by atoms with E-state index in [9.17, 15) is 14.4 Å². The van der Waals surface area contributed by atoms with Crippen LogP contribution in [0.5, 0.6) is 0 Å². The molecule has 0 spiro atoms. The Bertz CT molecular complexity index is 804. The molecule has 2 saturated heterocycles. The Kier molecular flexibility index (Phi) is 4.52. The van der Waals surface area contributed by atoms with Gasteiger partial charge in [0.25, 0.3) is 5.91 Å². The highest BCUT2D eigenvalue weighted by Gasteiger charge is 2.40. The quantitative estimate of drug-likeness (QED) is 0.673. The number of rotatable bonds is 4. The van der Waals surface area contributed by atoms with Crippen molar-refractivity contribution in [3.05, 3.63) is 34.9 Å². The van der Waals surface area contributed by atoms with E-state index in [1.807, 2.05) is 18.2 Å². The van der Waals surface area contributed by atoms with Crippen LogP contribution >= 0.6 is 0 Å². The van der Waals surface area contributed by atoms with Gasteiger partial charge in [-0.15, -0.1) is 0 Å². The standard InChI is InChI=1S/C20H26N4O3/c1-20(2)11-21-9-16(20)22-8-12-4-3-5-13-14(12)10-24(19(13)27)15-6-7-17(25)23-18(15)26/h3-5,15-16,21-22H,6-11H2,1-2H3,(H,23,25,26). The van der Waals surface area contributed by atoms with E-state index in [0.717, 1.165) is 24.2 Å². The van der Waals surface area contributed by atoms with Gasteiger partial charge in [-0.3, -0.25) is 19.7 Å². The topological polar surface area (TPSA) is 90.5 Å². The van der Waals surface area contributed by atoms with Crippen LogP contribution in [0.2, 0.25) is 0 Å². The van der Waals surface area contributed by atoms with E-state index in [4.69, 9.17) is 0 Å². The molecule has 1 aromatic rings. The van der Waals surface area contributed by atoms with Crippen molar-refractivity contribution in [3.8, 4) is 0 Å². The highest BCUT2D eigenvalue weighted by Crippen LogP contribution is 2.30. The second-order valence-electron chi connectivity index (χ2n) is 8.40. The molecule has 3 heterocycles. The van der Waals surface area contributed by atoms with Crippen molar-refractivity contribution in [2.75, 3.05) is 13.1 Å². The van der Waals surface area contributed by atoms with Crippen LogP contribution in [0.4, 0.5) is 0 Å². The minimum absolute atomic E-state index is 0.121. The Hall–Kier alpha value is -2.25. The van der Waals surface area contributed by atoms with Crippen LogP contribution in [-0.2, 0) is 22.7 Å². The van der Waals surface area contributed by atoms with E-state index in [1.165, 1.54) is 0 Å². The summed E-state index contributed by atoms with van der Waals surface area (Å²) < 4.78 is 0. The first-order chi connectivity index (χ1) is 12.9. The Morgan fingerprint density at radius 3 is 2.78 bits per heavy atom. The average molecular weight is 370 g/mol. The molecule has 4 rings (SSSR count). The summed E-state index contributed by atoms with van der Waals surface area (Å²) in [5.41, 5.74) is 2.94. The molecular weight excluding hydrogens is 344 g/mol. The molecular formula is C20H26N4O3. The van der Waals surface area contributed by atoms with E-state index in [1.54, 1.807) is 4.90 Å². The second-order valence-corrected chi connectivity index (χ2v) is 8.40. The van der Waals surface area contributed by atoms with Gasteiger partial charge in [0.1, 0.15) is 6.04 Å². The lowest BCUT2D eigenvalue weighted by Crippen LogP contribution is -2.52. The highest BCUT2D eigenvalue weighted by atomic mass is 16.2. The van der Waals surface area contributed by atoms with Crippen molar-refractivity contribution in [1.82, 2.24) is 20.9 Å². The fourth-order valence-corrected chi connectivity index (χ4v) is 4.34. The van der Waals surface area contributed by atoms with Crippen molar-refractivity contribution in [2.45, 2.75) is 51.9 Å². The number of fused-ring (bicyclic) bond motifs is 1. The van der Waals surface area contributed by atoms with E-state index < -0.39 is 6.04 Å². The number of nitrogens with zero attached hydrogens (tertiary/aromatic N) is 1. The largest absolute Gasteiger partial charge is 0.322 e. The number of hydrogen-bond donors (Lipinski definition) is 3. The number of piperidine rings is 1. The van der Waals surface area contributed by atoms with Gasteiger partial charge in [-0.05, 0) is 29.0 Å². The lowest BCUT2D eigenvalue weighted by molar-refractivity contribution is -0.136. The Morgan fingerprint density at radius 2 is 2.07 bits per heavy atom. The molecule has 0 saturated carbocycles. The van der Waals surface area contributed by atoms with Gasteiger partial charge in [0, 0.05) is 44.2 Å². The first kappa shape index (κ1) is 18.1. The summed E-state index contributed by atoms with van der Waals surface area (Å²) in [6.45, 7) is 7.52. The number of carbonyl (C=O) groups excluding carboxylic acids is 3. The molecule has 7 heteroatoms. The van der Waals surface area contributed by atoms with E-state index >= 15 is 0 Å². The normalized spacial score (nSPS) is 27.0. The third-order valence-corrected chi connectivity index (χ3v) is 6.09. The number of hydrogen-bond acceptors (Lipinski definition) is 5. The van der Waals surface area contributed by atoms with Gasteiger partial charge in [0.2, 0.25) is 11.8 Å². The number of nitrogens with one attached hydrogen (secondary N) is 3. The Balaban J connectivity index is 1.51. The molecule has 3 aliphatic rings. The molecule has 0 aromatic heterocycles. The summed E-state index contributed by atoms with van der Waals surface area (Å²) in [5, 5.41) is 9.39. The number of amides is 3. The van der Waals surface area contributed by atoms with E-state index in [0.29, 0.717) is 31.1 Å². The van der Waals surface area contributed by atoms with Gasteiger partial charge in [-0.1, -0.05) is 26.0 Å². The van der Waals surface area contributed by atoms with Gasteiger partial charge in [0.05, 0.1) is 0 Å². The predicted molar refractivity (Wildman–Crippen MR) is 99.8 cm³/mol. The lowest BCUT2D eigenvalue weighted by atomic mass is 9.87. The van der Waals surface area contributed by atoms with Crippen molar-refractivity contribution in [2.24, 2.45) is 5.41 Å². The van der Waals surface area contributed by atoms with Crippen molar-refractivity contribution >= 4 is 17.7 Å². The van der Waals surface area contributed by atoms with Crippen LogP contribution < -0.4 is 16.0 Å². The molecule has 3 aliphatic heterocycles. The van der Waals surface area contributed by atoms with Gasteiger partial charge in [-0.2, -0.15) is 0 Å². The molecule has 27 heavy (non-hydrogen) atoms. The second kappa shape index (κ2) is 6.73. The zero-order chi connectivity index (χ0) is 19.2. The van der Waals surface area contributed by atoms with Gasteiger partial charge in [-0.25, -0.2) is 0 Å². The van der Waals surface area contributed by atoms with Gasteiger partial charge in [0.15, 0.2) is 0 Å². The zero-order valence-corrected chi connectivity index (χ0v) is 15.8. The molecule has 0 bridgehead atoms. The van der Waals surface area contributed by atoms with Crippen LogP contribution in [0.15, 0.2) is 18.2 Å². The molecule has 2 atom stereocenters. The maximum absolute atomic E-state index is 12.9. The van der Waals surface area contributed by atoms with Crippen LogP contribution in [0.3, 0.4) is 0 Å².